The minimum absolute atomic E-state index is 0.206. The van der Waals surface area contributed by atoms with Crippen LogP contribution in [0.4, 0.5) is 16.0 Å². The van der Waals surface area contributed by atoms with E-state index in [0.717, 1.165) is 16.8 Å². The molecule has 0 aliphatic carbocycles. The number of hydrogen-bond acceptors (Lipinski definition) is 5. The van der Waals surface area contributed by atoms with Crippen LogP contribution in [0.1, 0.15) is 5.56 Å². The Morgan fingerprint density at radius 3 is 2.38 bits per heavy atom. The van der Waals surface area contributed by atoms with Gasteiger partial charge in [-0.2, -0.15) is 0 Å². The van der Waals surface area contributed by atoms with Gasteiger partial charge in [-0.3, -0.25) is 4.79 Å². The second-order valence-electron chi connectivity index (χ2n) is 5.81. The fraction of sp³-hybridized carbons (Fsp3) is 0.105. The van der Waals surface area contributed by atoms with Gasteiger partial charge in [0.2, 0.25) is 11.9 Å². The fourth-order valence-corrected chi connectivity index (χ4v) is 2.55. The van der Waals surface area contributed by atoms with E-state index in [1.54, 1.807) is 24.4 Å². The van der Waals surface area contributed by atoms with E-state index in [1.807, 2.05) is 24.3 Å². The molecule has 0 aliphatic heterocycles. The van der Waals surface area contributed by atoms with Gasteiger partial charge in [-0.25, -0.2) is 14.4 Å². The number of benzene rings is 2. The van der Waals surface area contributed by atoms with Gasteiger partial charge in [0.15, 0.2) is 0 Å². The van der Waals surface area contributed by atoms with Gasteiger partial charge in [-0.15, -0.1) is 0 Å². The average molecular weight is 351 g/mol. The normalized spacial score (nSPS) is 11.7. The van der Waals surface area contributed by atoms with Crippen LogP contribution in [0.2, 0.25) is 0 Å². The third-order valence-corrected chi connectivity index (χ3v) is 3.89. The number of hydrogen-bond donors (Lipinski definition) is 3. The maximum atomic E-state index is 13.0. The number of carbonyl (C=O) groups is 1. The van der Waals surface area contributed by atoms with Crippen LogP contribution in [-0.2, 0) is 11.2 Å². The van der Waals surface area contributed by atoms with Gasteiger partial charge in [0.05, 0.1) is 5.69 Å². The van der Waals surface area contributed by atoms with E-state index in [-0.39, 0.29) is 11.8 Å². The summed E-state index contributed by atoms with van der Waals surface area (Å²) >= 11 is 0. The van der Waals surface area contributed by atoms with Crippen molar-refractivity contribution >= 4 is 17.5 Å². The lowest BCUT2D eigenvalue weighted by Crippen LogP contribution is -2.37. The molecule has 0 aliphatic rings. The summed E-state index contributed by atoms with van der Waals surface area (Å²) in [6.07, 6.45) is 1.95. The number of carbonyl (C=O) groups excluding carboxylic acids is 1. The van der Waals surface area contributed by atoms with Crippen LogP contribution in [0.15, 0.2) is 60.8 Å². The van der Waals surface area contributed by atoms with E-state index >= 15 is 0 Å². The molecule has 0 fully saturated rings. The summed E-state index contributed by atoms with van der Waals surface area (Å²) in [5, 5.41) is 3.11. The molecule has 3 rings (SSSR count). The first kappa shape index (κ1) is 17.3. The molecule has 1 aromatic heterocycles. The number of primary amides is 1. The van der Waals surface area contributed by atoms with Gasteiger partial charge in [0.1, 0.15) is 11.9 Å². The molecule has 1 amide bonds. The molecule has 6 nitrogen and oxygen atoms in total. The quantitative estimate of drug-likeness (QED) is 0.632. The molecule has 5 N–H and O–H groups in total. The Bertz CT molecular complexity index is 897. The van der Waals surface area contributed by atoms with Gasteiger partial charge >= 0.3 is 0 Å². The van der Waals surface area contributed by atoms with Crippen LogP contribution in [0.25, 0.3) is 11.3 Å². The molecule has 0 saturated heterocycles. The lowest BCUT2D eigenvalue weighted by atomic mass is 10.0. The van der Waals surface area contributed by atoms with Crippen molar-refractivity contribution in [3.63, 3.8) is 0 Å². The number of nitrogens with zero attached hydrogens (tertiary/aromatic N) is 2. The molecular weight excluding hydrogens is 333 g/mol. The highest BCUT2D eigenvalue weighted by Gasteiger charge is 2.16. The third kappa shape index (κ3) is 4.32. The Labute approximate surface area is 150 Å². The number of aromatic nitrogens is 2. The Morgan fingerprint density at radius 1 is 1.08 bits per heavy atom. The first-order chi connectivity index (χ1) is 12.5. The number of nitrogen functional groups attached to an aromatic ring is 1. The predicted molar refractivity (Wildman–Crippen MR) is 98.6 cm³/mol. The summed E-state index contributed by atoms with van der Waals surface area (Å²) < 4.78 is 13.0. The van der Waals surface area contributed by atoms with Crippen LogP contribution < -0.4 is 16.8 Å². The highest BCUT2D eigenvalue weighted by molar-refractivity contribution is 5.83. The molecule has 0 saturated carbocycles. The molecular formula is C19H18FN5O. The smallest absolute Gasteiger partial charge is 0.240 e. The summed E-state index contributed by atoms with van der Waals surface area (Å²) in [4.78, 5) is 19.8. The lowest BCUT2D eigenvalue weighted by molar-refractivity contribution is -0.118. The number of halogens is 1. The maximum absolute atomic E-state index is 13.0. The van der Waals surface area contributed by atoms with E-state index in [1.165, 1.54) is 12.1 Å². The van der Waals surface area contributed by atoms with Crippen LogP contribution in [0.3, 0.4) is 0 Å². The monoisotopic (exact) mass is 351 g/mol. The highest BCUT2D eigenvalue weighted by Crippen LogP contribution is 2.20. The van der Waals surface area contributed by atoms with E-state index < -0.39 is 11.9 Å². The first-order valence-corrected chi connectivity index (χ1v) is 8.00. The molecule has 0 spiro atoms. The van der Waals surface area contributed by atoms with Gasteiger partial charge in [0.25, 0.3) is 0 Å². The number of nitrogens with one attached hydrogen (secondary N) is 1. The summed E-state index contributed by atoms with van der Waals surface area (Å²) in [5.41, 5.74) is 14.2. The molecule has 7 heteroatoms. The SMILES string of the molecule is NC(=O)C(Cc1ccc(F)cc1)Nc1ccc(-c2ccnc(N)n2)cc1. The summed E-state index contributed by atoms with van der Waals surface area (Å²) in [5.74, 6) is -0.599. The number of anilines is 2. The van der Waals surface area contributed by atoms with Crippen molar-refractivity contribution in [1.82, 2.24) is 9.97 Å². The van der Waals surface area contributed by atoms with Gasteiger partial charge < -0.3 is 16.8 Å². The zero-order valence-electron chi connectivity index (χ0n) is 13.9. The number of nitrogens with two attached hydrogens (primary N) is 2. The van der Waals surface area contributed by atoms with E-state index in [4.69, 9.17) is 11.5 Å². The second kappa shape index (κ2) is 7.60. The zero-order chi connectivity index (χ0) is 18.5. The Morgan fingerprint density at radius 2 is 1.77 bits per heavy atom. The van der Waals surface area contributed by atoms with Crippen molar-refractivity contribution in [2.45, 2.75) is 12.5 Å². The van der Waals surface area contributed by atoms with Gasteiger partial charge in [0, 0.05) is 23.9 Å². The number of amides is 1. The largest absolute Gasteiger partial charge is 0.373 e. The Hall–Kier alpha value is -3.48. The molecule has 3 aromatic rings. The average Bonchev–Trinajstić information content (AvgIpc) is 2.63. The second-order valence-corrected chi connectivity index (χ2v) is 5.81. The third-order valence-electron chi connectivity index (χ3n) is 3.89. The Balaban J connectivity index is 1.73. The topological polar surface area (TPSA) is 107 Å². The van der Waals surface area contributed by atoms with Crippen LogP contribution in [0, 0.1) is 5.82 Å². The van der Waals surface area contributed by atoms with Crippen molar-refractivity contribution in [2.24, 2.45) is 5.73 Å². The van der Waals surface area contributed by atoms with Crippen LogP contribution >= 0.6 is 0 Å². The zero-order valence-corrected chi connectivity index (χ0v) is 13.9. The van der Waals surface area contributed by atoms with Crippen molar-refractivity contribution in [1.29, 1.82) is 0 Å². The molecule has 1 atom stereocenters. The molecule has 132 valence electrons. The molecule has 1 unspecified atom stereocenters. The van der Waals surface area contributed by atoms with Gasteiger partial charge in [-0.05, 0) is 35.9 Å². The lowest BCUT2D eigenvalue weighted by Gasteiger charge is -2.17. The molecule has 26 heavy (non-hydrogen) atoms. The fourth-order valence-electron chi connectivity index (χ4n) is 2.55. The minimum atomic E-state index is -0.610. The minimum Gasteiger partial charge on any atom is -0.373 e. The molecule has 1 heterocycles. The van der Waals surface area contributed by atoms with Crippen LogP contribution in [-0.4, -0.2) is 21.9 Å². The van der Waals surface area contributed by atoms with Gasteiger partial charge in [-0.1, -0.05) is 24.3 Å². The van der Waals surface area contributed by atoms with E-state index in [9.17, 15) is 9.18 Å². The summed E-state index contributed by atoms with van der Waals surface area (Å²) in [6, 6.07) is 14.5. The van der Waals surface area contributed by atoms with E-state index in [0.29, 0.717) is 12.1 Å². The standard InChI is InChI=1S/C19H18FN5O/c20-14-5-1-12(2-6-14)11-17(18(21)26)24-15-7-3-13(4-8-15)16-9-10-23-19(22)25-16/h1-10,17,24H,11H2,(H2,21,26)(H2,22,23,25). The summed E-state index contributed by atoms with van der Waals surface area (Å²) in [6.45, 7) is 0. The van der Waals surface area contributed by atoms with Crippen molar-refractivity contribution in [2.75, 3.05) is 11.1 Å². The van der Waals surface area contributed by atoms with Crippen LogP contribution in [0.5, 0.6) is 0 Å². The summed E-state index contributed by atoms with van der Waals surface area (Å²) in [7, 11) is 0. The van der Waals surface area contributed by atoms with Crippen molar-refractivity contribution in [3.05, 3.63) is 72.2 Å². The molecule has 2 aromatic carbocycles. The predicted octanol–water partition coefficient (Wildman–Crippen LogP) is 2.37. The maximum Gasteiger partial charge on any atom is 0.240 e. The van der Waals surface area contributed by atoms with Crippen molar-refractivity contribution in [3.8, 4) is 11.3 Å². The molecule has 0 radical (unpaired) electrons. The molecule has 0 bridgehead atoms. The highest BCUT2D eigenvalue weighted by atomic mass is 19.1. The number of rotatable bonds is 6. The Kier molecular flexibility index (Phi) is 5.07. The van der Waals surface area contributed by atoms with E-state index in [2.05, 4.69) is 15.3 Å². The first-order valence-electron chi connectivity index (χ1n) is 8.00. The van der Waals surface area contributed by atoms with Crippen molar-refractivity contribution < 1.29 is 9.18 Å².